The molecule has 0 radical (unpaired) electrons. The summed E-state index contributed by atoms with van der Waals surface area (Å²) >= 11 is 0. The molecular formula is C28H31N3O2. The molecule has 170 valence electrons. The summed E-state index contributed by atoms with van der Waals surface area (Å²) in [7, 11) is 0. The summed E-state index contributed by atoms with van der Waals surface area (Å²) in [5, 5.41) is 0. The highest BCUT2D eigenvalue weighted by molar-refractivity contribution is 5.83. The fraction of sp³-hybridized carbons (Fsp3) is 0.321. The number of rotatable bonds is 6. The number of pyridine rings is 1. The number of carbonyl (C=O) groups excluding carboxylic acids is 2. The van der Waals surface area contributed by atoms with E-state index in [0.29, 0.717) is 39.0 Å². The zero-order chi connectivity index (χ0) is 23.2. The second-order valence-corrected chi connectivity index (χ2v) is 8.71. The third kappa shape index (κ3) is 5.48. The summed E-state index contributed by atoms with van der Waals surface area (Å²) in [5.74, 6) is -0.0692. The Balaban J connectivity index is 1.54. The number of hydrogen-bond acceptors (Lipinski definition) is 3. The van der Waals surface area contributed by atoms with Gasteiger partial charge in [0.2, 0.25) is 11.8 Å². The van der Waals surface area contributed by atoms with E-state index in [2.05, 4.69) is 54.4 Å². The van der Waals surface area contributed by atoms with Crippen molar-refractivity contribution in [1.29, 1.82) is 0 Å². The first-order valence-electron chi connectivity index (χ1n) is 11.7. The molecule has 1 saturated heterocycles. The van der Waals surface area contributed by atoms with Crippen LogP contribution in [-0.4, -0.2) is 52.8 Å². The lowest BCUT2D eigenvalue weighted by molar-refractivity contribution is -0.134. The quantitative estimate of drug-likeness (QED) is 0.578. The zero-order valence-corrected chi connectivity index (χ0v) is 19.4. The van der Waals surface area contributed by atoms with Crippen molar-refractivity contribution in [3.05, 3.63) is 89.7 Å². The van der Waals surface area contributed by atoms with Crippen LogP contribution in [0.1, 0.15) is 23.6 Å². The number of carbonyl (C=O) groups is 2. The van der Waals surface area contributed by atoms with Gasteiger partial charge in [0.25, 0.3) is 0 Å². The zero-order valence-electron chi connectivity index (χ0n) is 19.4. The van der Waals surface area contributed by atoms with Crippen LogP contribution in [0.4, 0.5) is 0 Å². The van der Waals surface area contributed by atoms with Crippen LogP contribution in [0.2, 0.25) is 0 Å². The summed E-state index contributed by atoms with van der Waals surface area (Å²) < 4.78 is 0. The van der Waals surface area contributed by atoms with Crippen molar-refractivity contribution in [1.82, 2.24) is 14.8 Å². The van der Waals surface area contributed by atoms with Gasteiger partial charge in [-0.05, 0) is 54.2 Å². The Hall–Kier alpha value is -3.47. The Morgan fingerprint density at radius 2 is 1.85 bits per heavy atom. The molecule has 1 aliphatic rings. The number of aromatic nitrogens is 1. The Labute approximate surface area is 196 Å². The third-order valence-electron chi connectivity index (χ3n) is 6.42. The van der Waals surface area contributed by atoms with Crippen LogP contribution < -0.4 is 0 Å². The van der Waals surface area contributed by atoms with E-state index in [-0.39, 0.29) is 17.7 Å². The van der Waals surface area contributed by atoms with Crippen molar-refractivity contribution in [3.63, 3.8) is 0 Å². The summed E-state index contributed by atoms with van der Waals surface area (Å²) in [6.45, 7) is 6.36. The van der Waals surface area contributed by atoms with E-state index in [4.69, 9.17) is 0 Å². The number of likely N-dealkylation sites (N-methyl/N-ethyl adjacent to an activating group) is 1. The van der Waals surface area contributed by atoms with Gasteiger partial charge in [0.1, 0.15) is 0 Å². The largest absolute Gasteiger partial charge is 0.341 e. The molecular weight excluding hydrogens is 410 g/mol. The fourth-order valence-electron chi connectivity index (χ4n) is 4.57. The van der Waals surface area contributed by atoms with Crippen LogP contribution in [0.5, 0.6) is 0 Å². The minimum atomic E-state index is -0.252. The number of aryl methyl sites for hydroxylation is 1. The molecule has 4 rings (SSSR count). The van der Waals surface area contributed by atoms with Gasteiger partial charge in [-0.3, -0.25) is 14.6 Å². The van der Waals surface area contributed by atoms with E-state index in [0.717, 1.165) is 16.7 Å². The molecule has 0 saturated carbocycles. The van der Waals surface area contributed by atoms with E-state index in [1.54, 1.807) is 12.4 Å². The first-order chi connectivity index (χ1) is 16.0. The van der Waals surface area contributed by atoms with Crippen molar-refractivity contribution in [2.45, 2.75) is 26.7 Å². The van der Waals surface area contributed by atoms with Crippen molar-refractivity contribution >= 4 is 11.8 Å². The highest BCUT2D eigenvalue weighted by Crippen LogP contribution is 2.26. The van der Waals surface area contributed by atoms with Crippen molar-refractivity contribution < 1.29 is 9.59 Å². The number of benzene rings is 2. The maximum absolute atomic E-state index is 13.3. The molecule has 33 heavy (non-hydrogen) atoms. The van der Waals surface area contributed by atoms with Crippen molar-refractivity contribution in [3.8, 4) is 11.1 Å². The molecule has 2 heterocycles. The van der Waals surface area contributed by atoms with Gasteiger partial charge in [-0.1, -0.05) is 54.6 Å². The van der Waals surface area contributed by atoms with Gasteiger partial charge in [0.15, 0.2) is 0 Å². The minimum absolute atomic E-state index is 0.0485. The second kappa shape index (κ2) is 10.4. The van der Waals surface area contributed by atoms with Crippen LogP contribution in [-0.2, 0) is 22.4 Å². The molecule has 1 fully saturated rings. The SMILES string of the molecule is CCN1CCN(C(=O)Cc2cccnc2)C[C@@H](Cc2cccc(-c3ccccc3C)c2)C1=O. The number of nitrogens with zero attached hydrogens (tertiary/aromatic N) is 3. The van der Waals surface area contributed by atoms with Gasteiger partial charge < -0.3 is 9.80 Å². The first kappa shape index (κ1) is 22.7. The van der Waals surface area contributed by atoms with Gasteiger partial charge >= 0.3 is 0 Å². The Kier molecular flexibility index (Phi) is 7.18. The maximum Gasteiger partial charge on any atom is 0.227 e. The molecule has 1 aliphatic heterocycles. The lowest BCUT2D eigenvalue weighted by Gasteiger charge is -2.24. The van der Waals surface area contributed by atoms with Crippen molar-refractivity contribution in [2.24, 2.45) is 5.92 Å². The van der Waals surface area contributed by atoms with E-state index in [1.807, 2.05) is 34.9 Å². The normalized spacial score (nSPS) is 16.5. The minimum Gasteiger partial charge on any atom is -0.341 e. The average molecular weight is 442 g/mol. The first-order valence-corrected chi connectivity index (χ1v) is 11.7. The van der Waals surface area contributed by atoms with E-state index in [1.165, 1.54) is 11.1 Å². The summed E-state index contributed by atoms with van der Waals surface area (Å²) in [6.07, 6.45) is 4.36. The predicted octanol–water partition coefficient (Wildman–Crippen LogP) is 4.15. The molecule has 0 aliphatic carbocycles. The summed E-state index contributed by atoms with van der Waals surface area (Å²) in [6, 6.07) is 20.5. The summed E-state index contributed by atoms with van der Waals surface area (Å²) in [4.78, 5) is 34.2. The van der Waals surface area contributed by atoms with Gasteiger partial charge in [0, 0.05) is 38.6 Å². The Bertz CT molecular complexity index is 1110. The third-order valence-corrected chi connectivity index (χ3v) is 6.42. The highest BCUT2D eigenvalue weighted by Gasteiger charge is 2.31. The lowest BCUT2D eigenvalue weighted by atomic mass is 9.93. The van der Waals surface area contributed by atoms with Gasteiger partial charge in [-0.15, -0.1) is 0 Å². The molecule has 0 spiro atoms. The van der Waals surface area contributed by atoms with Gasteiger partial charge in [-0.25, -0.2) is 0 Å². The van der Waals surface area contributed by atoms with Crippen LogP contribution >= 0.6 is 0 Å². The molecule has 5 nitrogen and oxygen atoms in total. The molecule has 1 atom stereocenters. The summed E-state index contributed by atoms with van der Waals surface area (Å²) in [5.41, 5.74) is 5.60. The lowest BCUT2D eigenvalue weighted by Crippen LogP contribution is -2.38. The van der Waals surface area contributed by atoms with Crippen molar-refractivity contribution in [2.75, 3.05) is 26.2 Å². The number of amides is 2. The van der Waals surface area contributed by atoms with E-state index >= 15 is 0 Å². The van der Waals surface area contributed by atoms with Crippen LogP contribution in [0.25, 0.3) is 11.1 Å². The van der Waals surface area contributed by atoms with E-state index < -0.39 is 0 Å². The highest BCUT2D eigenvalue weighted by atomic mass is 16.2. The maximum atomic E-state index is 13.3. The fourth-order valence-corrected chi connectivity index (χ4v) is 4.57. The topological polar surface area (TPSA) is 53.5 Å². The Morgan fingerprint density at radius 3 is 2.61 bits per heavy atom. The van der Waals surface area contributed by atoms with Gasteiger partial charge in [0.05, 0.1) is 12.3 Å². The van der Waals surface area contributed by atoms with Crippen LogP contribution in [0.3, 0.4) is 0 Å². The Morgan fingerprint density at radius 1 is 1.03 bits per heavy atom. The molecule has 5 heteroatoms. The second-order valence-electron chi connectivity index (χ2n) is 8.71. The number of hydrogen-bond donors (Lipinski definition) is 0. The molecule has 0 bridgehead atoms. The van der Waals surface area contributed by atoms with Crippen LogP contribution in [0.15, 0.2) is 73.1 Å². The molecule has 0 unspecified atom stereocenters. The van der Waals surface area contributed by atoms with Gasteiger partial charge in [-0.2, -0.15) is 0 Å². The molecule has 2 aromatic carbocycles. The monoisotopic (exact) mass is 441 g/mol. The van der Waals surface area contributed by atoms with E-state index in [9.17, 15) is 9.59 Å². The standard InChI is InChI=1S/C28H31N3O2/c1-3-30-14-15-31(27(32)18-23-10-7-13-29-19-23)20-25(28(30)33)17-22-9-6-11-24(16-22)26-12-5-4-8-21(26)2/h4-13,16,19,25H,3,14-15,17-18,20H2,1-2H3/t25-/m1/s1. The average Bonchev–Trinajstić information content (AvgIpc) is 2.99. The van der Waals surface area contributed by atoms with Crippen LogP contribution in [0, 0.1) is 12.8 Å². The predicted molar refractivity (Wildman–Crippen MR) is 131 cm³/mol. The molecule has 1 aromatic heterocycles. The molecule has 0 N–H and O–H groups in total. The molecule has 2 amide bonds. The molecule has 3 aromatic rings. The smallest absolute Gasteiger partial charge is 0.227 e.